The highest BCUT2D eigenvalue weighted by Gasteiger charge is 2.25. The van der Waals surface area contributed by atoms with Gasteiger partial charge >= 0.3 is 12.0 Å². The van der Waals surface area contributed by atoms with Crippen LogP contribution >= 0.6 is 0 Å². The van der Waals surface area contributed by atoms with E-state index < -0.39 is 5.97 Å². The van der Waals surface area contributed by atoms with Crippen molar-refractivity contribution in [3.8, 4) is 0 Å². The fourth-order valence-electron chi connectivity index (χ4n) is 2.37. The normalized spacial score (nSPS) is 16.2. The molecule has 114 valence electrons. The van der Waals surface area contributed by atoms with Crippen molar-refractivity contribution in [3.63, 3.8) is 0 Å². The van der Waals surface area contributed by atoms with Gasteiger partial charge in [0.1, 0.15) is 6.54 Å². The summed E-state index contributed by atoms with van der Waals surface area (Å²) in [5.74, 6) is -0.389. The summed E-state index contributed by atoms with van der Waals surface area (Å²) < 4.78 is 0. The van der Waals surface area contributed by atoms with Crippen molar-refractivity contribution in [1.82, 2.24) is 14.7 Å². The van der Waals surface area contributed by atoms with Crippen molar-refractivity contribution in [2.24, 2.45) is 5.92 Å². The molecule has 0 unspecified atom stereocenters. The summed E-state index contributed by atoms with van der Waals surface area (Å²) >= 11 is 0. The first-order chi connectivity index (χ1) is 9.43. The van der Waals surface area contributed by atoms with Crippen LogP contribution in [-0.2, 0) is 4.79 Å². The second-order valence-electron chi connectivity index (χ2n) is 5.53. The molecule has 6 nitrogen and oxygen atoms in total. The highest BCUT2D eigenvalue weighted by Crippen LogP contribution is 2.08. The zero-order valence-corrected chi connectivity index (χ0v) is 12.4. The van der Waals surface area contributed by atoms with Gasteiger partial charge in [-0.15, -0.1) is 6.58 Å². The van der Waals surface area contributed by atoms with Gasteiger partial charge in [0, 0.05) is 39.3 Å². The fourth-order valence-corrected chi connectivity index (χ4v) is 2.37. The Morgan fingerprint density at radius 2 is 1.90 bits per heavy atom. The summed E-state index contributed by atoms with van der Waals surface area (Å²) in [6.45, 7) is 11.9. The molecule has 2 amide bonds. The van der Waals surface area contributed by atoms with E-state index in [2.05, 4.69) is 25.3 Å². The molecule has 0 radical (unpaired) electrons. The Kier molecular flexibility index (Phi) is 6.51. The number of carbonyl (C=O) groups excluding carboxylic acids is 1. The van der Waals surface area contributed by atoms with E-state index in [-0.39, 0.29) is 19.1 Å². The molecule has 0 saturated carbocycles. The number of carboxylic acids is 1. The van der Waals surface area contributed by atoms with Crippen LogP contribution in [0.5, 0.6) is 0 Å². The Morgan fingerprint density at radius 3 is 2.35 bits per heavy atom. The molecule has 0 aliphatic carbocycles. The molecule has 0 aromatic heterocycles. The molecular weight excluding hydrogens is 258 g/mol. The van der Waals surface area contributed by atoms with Crippen LogP contribution in [-0.4, -0.2) is 77.6 Å². The summed E-state index contributed by atoms with van der Waals surface area (Å²) in [6.07, 6.45) is 1.55. The number of carboxylic acid groups (broad SMARTS) is 1. The predicted octanol–water partition coefficient (Wildman–Crippen LogP) is 0.953. The maximum absolute atomic E-state index is 12.3. The number of amides is 2. The van der Waals surface area contributed by atoms with E-state index in [0.29, 0.717) is 19.0 Å². The van der Waals surface area contributed by atoms with E-state index in [9.17, 15) is 9.59 Å². The highest BCUT2D eigenvalue weighted by atomic mass is 16.4. The summed E-state index contributed by atoms with van der Waals surface area (Å²) in [5, 5.41) is 8.84. The number of hydrogen-bond donors (Lipinski definition) is 1. The molecule has 1 aliphatic heterocycles. The minimum Gasteiger partial charge on any atom is -0.480 e. The third kappa shape index (κ3) is 5.21. The summed E-state index contributed by atoms with van der Waals surface area (Å²) in [7, 11) is 0. The summed E-state index contributed by atoms with van der Waals surface area (Å²) in [5.41, 5.74) is 0. The second kappa shape index (κ2) is 7.89. The lowest BCUT2D eigenvalue weighted by Crippen LogP contribution is -2.54. The number of aliphatic carboxylic acids is 1. The first-order valence-electron chi connectivity index (χ1n) is 7.03. The molecule has 0 spiro atoms. The number of carbonyl (C=O) groups is 2. The molecule has 1 N–H and O–H groups in total. The smallest absolute Gasteiger partial charge is 0.323 e. The Hall–Kier alpha value is -1.56. The molecule has 1 saturated heterocycles. The lowest BCUT2D eigenvalue weighted by molar-refractivity contribution is -0.137. The molecule has 0 aromatic rings. The molecule has 20 heavy (non-hydrogen) atoms. The Morgan fingerprint density at radius 1 is 1.30 bits per heavy atom. The number of hydrogen-bond acceptors (Lipinski definition) is 3. The third-order valence-corrected chi connectivity index (χ3v) is 3.21. The predicted molar refractivity (Wildman–Crippen MR) is 77.7 cm³/mol. The SMILES string of the molecule is C=CCN(CC(=O)O)C(=O)N1CCN(CC(C)C)CC1. The number of nitrogens with zero attached hydrogens (tertiary/aromatic N) is 3. The van der Waals surface area contributed by atoms with Gasteiger partial charge in [0.15, 0.2) is 0 Å². The van der Waals surface area contributed by atoms with Gasteiger partial charge < -0.3 is 14.9 Å². The molecule has 0 bridgehead atoms. The van der Waals surface area contributed by atoms with Crippen LogP contribution in [0, 0.1) is 5.92 Å². The van der Waals surface area contributed by atoms with Crippen LogP contribution in [0.4, 0.5) is 4.79 Å². The van der Waals surface area contributed by atoms with Crippen LogP contribution in [0.1, 0.15) is 13.8 Å². The van der Waals surface area contributed by atoms with Gasteiger partial charge in [-0.2, -0.15) is 0 Å². The van der Waals surface area contributed by atoms with Crippen molar-refractivity contribution in [2.45, 2.75) is 13.8 Å². The molecule has 1 fully saturated rings. The molecule has 1 rings (SSSR count). The van der Waals surface area contributed by atoms with Gasteiger partial charge in [-0.05, 0) is 5.92 Å². The van der Waals surface area contributed by atoms with Crippen LogP contribution in [0.2, 0.25) is 0 Å². The van der Waals surface area contributed by atoms with E-state index in [1.54, 1.807) is 11.0 Å². The lowest BCUT2D eigenvalue weighted by Gasteiger charge is -2.37. The fraction of sp³-hybridized carbons (Fsp3) is 0.714. The van der Waals surface area contributed by atoms with Crippen LogP contribution in [0.15, 0.2) is 12.7 Å². The van der Waals surface area contributed by atoms with Crippen molar-refractivity contribution in [3.05, 3.63) is 12.7 Å². The maximum Gasteiger partial charge on any atom is 0.323 e. The van der Waals surface area contributed by atoms with Gasteiger partial charge in [0.2, 0.25) is 0 Å². The first-order valence-corrected chi connectivity index (χ1v) is 7.03. The number of urea groups is 1. The molecule has 1 aliphatic rings. The van der Waals surface area contributed by atoms with Gasteiger partial charge in [-0.3, -0.25) is 9.69 Å². The van der Waals surface area contributed by atoms with E-state index >= 15 is 0 Å². The van der Waals surface area contributed by atoms with Crippen molar-refractivity contribution >= 4 is 12.0 Å². The Bertz CT molecular complexity index is 350. The Balaban J connectivity index is 2.51. The van der Waals surface area contributed by atoms with Gasteiger partial charge in [-0.1, -0.05) is 19.9 Å². The van der Waals surface area contributed by atoms with Gasteiger partial charge in [0.25, 0.3) is 0 Å². The average Bonchev–Trinajstić information content (AvgIpc) is 2.37. The third-order valence-electron chi connectivity index (χ3n) is 3.21. The zero-order chi connectivity index (χ0) is 15.1. The van der Waals surface area contributed by atoms with Gasteiger partial charge in [0.05, 0.1) is 0 Å². The molecule has 0 atom stereocenters. The minimum atomic E-state index is -1.00. The van der Waals surface area contributed by atoms with E-state index in [1.807, 2.05) is 0 Å². The summed E-state index contributed by atoms with van der Waals surface area (Å²) in [6, 6.07) is -0.212. The maximum atomic E-state index is 12.3. The topological polar surface area (TPSA) is 64.1 Å². The lowest BCUT2D eigenvalue weighted by atomic mass is 10.2. The van der Waals surface area contributed by atoms with E-state index in [4.69, 9.17) is 5.11 Å². The van der Waals surface area contributed by atoms with E-state index in [0.717, 1.165) is 19.6 Å². The molecule has 0 aromatic carbocycles. The Labute approximate surface area is 120 Å². The van der Waals surface area contributed by atoms with Crippen molar-refractivity contribution in [2.75, 3.05) is 45.8 Å². The van der Waals surface area contributed by atoms with Crippen LogP contribution < -0.4 is 0 Å². The summed E-state index contributed by atoms with van der Waals surface area (Å²) in [4.78, 5) is 28.4. The largest absolute Gasteiger partial charge is 0.480 e. The molecule has 6 heteroatoms. The van der Waals surface area contributed by atoms with Crippen molar-refractivity contribution in [1.29, 1.82) is 0 Å². The van der Waals surface area contributed by atoms with Crippen molar-refractivity contribution < 1.29 is 14.7 Å². The van der Waals surface area contributed by atoms with Crippen LogP contribution in [0.3, 0.4) is 0 Å². The van der Waals surface area contributed by atoms with Crippen LogP contribution in [0.25, 0.3) is 0 Å². The minimum absolute atomic E-state index is 0.212. The second-order valence-corrected chi connectivity index (χ2v) is 5.53. The van der Waals surface area contributed by atoms with Gasteiger partial charge in [-0.25, -0.2) is 4.79 Å². The zero-order valence-electron chi connectivity index (χ0n) is 12.4. The molecular formula is C14H25N3O3. The average molecular weight is 283 g/mol. The first kappa shape index (κ1) is 16.5. The number of piperazine rings is 1. The monoisotopic (exact) mass is 283 g/mol. The molecule has 1 heterocycles. The van der Waals surface area contributed by atoms with E-state index in [1.165, 1.54) is 4.90 Å². The standard InChI is InChI=1S/C14H25N3O3/c1-4-5-17(11-13(18)19)14(20)16-8-6-15(7-9-16)10-12(2)3/h4,12H,1,5-11H2,2-3H3,(H,18,19). The number of rotatable bonds is 6. The quantitative estimate of drug-likeness (QED) is 0.737. The highest BCUT2D eigenvalue weighted by molar-refractivity contribution is 5.80.